The highest BCUT2D eigenvalue weighted by molar-refractivity contribution is 5.67. The Kier molecular flexibility index (Phi) is 5.86. The number of hydrogen-bond acceptors (Lipinski definition) is 5. The maximum Gasteiger partial charge on any atom is 0.242 e. The molecule has 0 saturated heterocycles. The molecule has 0 spiro atoms. The quantitative estimate of drug-likeness (QED) is 0.839. The van der Waals surface area contributed by atoms with Crippen LogP contribution in [0.1, 0.15) is 59.2 Å². The normalized spacial score (nSPS) is 21.9. The van der Waals surface area contributed by atoms with Gasteiger partial charge in [0.25, 0.3) is 0 Å². The molecule has 0 amide bonds. The summed E-state index contributed by atoms with van der Waals surface area (Å²) in [6.45, 7) is 9.18. The first-order chi connectivity index (χ1) is 10.5. The Bertz CT molecular complexity index is 490. The molecule has 0 radical (unpaired) electrons. The zero-order chi connectivity index (χ0) is 16.1. The Morgan fingerprint density at radius 1 is 1.27 bits per heavy atom. The summed E-state index contributed by atoms with van der Waals surface area (Å²) < 4.78 is 5.78. The number of rotatable bonds is 6. The molecule has 1 aliphatic rings. The standard InChI is InChI=1S/C17H30N4O/c1-5-14-20-16(19-13-9-7-6-8-12(13)4)15(18)17(21-14)22-10-11(2)3/h11-13H,5-10,18H2,1-4H3,(H,19,20,21). The monoisotopic (exact) mass is 306 g/mol. The van der Waals surface area contributed by atoms with Gasteiger partial charge in [-0.3, -0.25) is 0 Å². The molecule has 2 unspecified atom stereocenters. The number of nitrogens with two attached hydrogens (primary N) is 1. The van der Waals surface area contributed by atoms with Crippen molar-refractivity contribution >= 4 is 11.5 Å². The maximum absolute atomic E-state index is 6.24. The SMILES string of the molecule is CCc1nc(NC2CCCCC2C)c(N)c(OCC(C)C)n1. The van der Waals surface area contributed by atoms with Crippen molar-refractivity contribution in [1.82, 2.24) is 9.97 Å². The molecular formula is C17H30N4O. The summed E-state index contributed by atoms with van der Waals surface area (Å²) in [5.74, 6) is 3.12. The Labute approximate surface area is 134 Å². The number of aromatic nitrogens is 2. The molecule has 0 aliphatic heterocycles. The zero-order valence-electron chi connectivity index (χ0n) is 14.4. The summed E-state index contributed by atoms with van der Waals surface area (Å²) in [6, 6.07) is 0.439. The molecule has 1 aromatic rings. The van der Waals surface area contributed by atoms with E-state index in [-0.39, 0.29) is 0 Å². The van der Waals surface area contributed by atoms with Crippen LogP contribution in [-0.4, -0.2) is 22.6 Å². The van der Waals surface area contributed by atoms with E-state index in [1.54, 1.807) is 0 Å². The predicted molar refractivity (Wildman–Crippen MR) is 91.2 cm³/mol. The van der Waals surface area contributed by atoms with Gasteiger partial charge in [-0.1, -0.05) is 40.5 Å². The fourth-order valence-electron chi connectivity index (χ4n) is 2.82. The summed E-state index contributed by atoms with van der Waals surface area (Å²) in [4.78, 5) is 9.02. The number of nitrogen functional groups attached to an aromatic ring is 1. The molecule has 2 atom stereocenters. The largest absolute Gasteiger partial charge is 0.476 e. The van der Waals surface area contributed by atoms with Crippen molar-refractivity contribution in [2.45, 2.75) is 65.8 Å². The zero-order valence-corrected chi connectivity index (χ0v) is 14.4. The lowest BCUT2D eigenvalue weighted by atomic mass is 9.86. The van der Waals surface area contributed by atoms with Gasteiger partial charge in [-0.15, -0.1) is 0 Å². The van der Waals surface area contributed by atoms with Gasteiger partial charge >= 0.3 is 0 Å². The van der Waals surface area contributed by atoms with E-state index >= 15 is 0 Å². The van der Waals surface area contributed by atoms with Gasteiger partial charge in [-0.2, -0.15) is 4.98 Å². The van der Waals surface area contributed by atoms with Crippen molar-refractivity contribution in [3.63, 3.8) is 0 Å². The molecule has 5 heteroatoms. The third-order valence-electron chi connectivity index (χ3n) is 4.26. The second-order valence-electron chi connectivity index (χ2n) is 6.78. The lowest BCUT2D eigenvalue weighted by Gasteiger charge is -2.30. The lowest BCUT2D eigenvalue weighted by Crippen LogP contribution is -2.31. The summed E-state index contributed by atoms with van der Waals surface area (Å²) in [5.41, 5.74) is 6.78. The molecule has 3 N–H and O–H groups in total. The minimum atomic E-state index is 0.439. The minimum absolute atomic E-state index is 0.439. The average molecular weight is 306 g/mol. The second-order valence-corrected chi connectivity index (χ2v) is 6.78. The number of nitrogens with one attached hydrogen (secondary N) is 1. The molecule has 124 valence electrons. The van der Waals surface area contributed by atoms with Gasteiger partial charge in [0.1, 0.15) is 11.5 Å². The third kappa shape index (κ3) is 4.24. The van der Waals surface area contributed by atoms with Crippen molar-refractivity contribution in [1.29, 1.82) is 0 Å². The van der Waals surface area contributed by atoms with Gasteiger partial charge in [-0.25, -0.2) is 4.98 Å². The van der Waals surface area contributed by atoms with Gasteiger partial charge in [0.05, 0.1) is 6.61 Å². The average Bonchev–Trinajstić information content (AvgIpc) is 2.50. The Balaban J connectivity index is 2.19. The van der Waals surface area contributed by atoms with Gasteiger partial charge in [0, 0.05) is 12.5 Å². The van der Waals surface area contributed by atoms with Gasteiger partial charge in [-0.05, 0) is 24.7 Å². The summed E-state index contributed by atoms with van der Waals surface area (Å²) in [5, 5.41) is 3.55. The number of aryl methyl sites for hydroxylation is 1. The van der Waals surface area contributed by atoms with E-state index < -0.39 is 0 Å². The van der Waals surface area contributed by atoms with E-state index in [9.17, 15) is 0 Å². The van der Waals surface area contributed by atoms with Crippen LogP contribution in [0, 0.1) is 11.8 Å². The fraction of sp³-hybridized carbons (Fsp3) is 0.765. The molecule has 1 aliphatic carbocycles. The highest BCUT2D eigenvalue weighted by atomic mass is 16.5. The summed E-state index contributed by atoms with van der Waals surface area (Å²) in [6.07, 6.45) is 5.80. The van der Waals surface area contributed by atoms with E-state index in [0.717, 1.165) is 18.1 Å². The molecule has 5 nitrogen and oxygen atoms in total. The maximum atomic E-state index is 6.24. The van der Waals surface area contributed by atoms with Gasteiger partial charge in [0.2, 0.25) is 5.88 Å². The first-order valence-electron chi connectivity index (χ1n) is 8.57. The van der Waals surface area contributed by atoms with Crippen molar-refractivity contribution in [2.75, 3.05) is 17.7 Å². The van der Waals surface area contributed by atoms with Crippen LogP contribution in [0.15, 0.2) is 0 Å². The predicted octanol–water partition coefficient (Wildman–Crippen LogP) is 3.65. The van der Waals surface area contributed by atoms with Crippen LogP contribution in [0.3, 0.4) is 0 Å². The summed E-state index contributed by atoms with van der Waals surface area (Å²) >= 11 is 0. The Hall–Kier alpha value is -1.52. The van der Waals surface area contributed by atoms with Crippen LogP contribution in [0.25, 0.3) is 0 Å². The van der Waals surface area contributed by atoms with Crippen LogP contribution in [-0.2, 0) is 6.42 Å². The van der Waals surface area contributed by atoms with Crippen molar-refractivity contribution in [3.8, 4) is 5.88 Å². The van der Waals surface area contributed by atoms with Crippen molar-refractivity contribution in [2.24, 2.45) is 11.8 Å². The summed E-state index contributed by atoms with van der Waals surface area (Å²) in [7, 11) is 0. The number of nitrogens with zero attached hydrogens (tertiary/aromatic N) is 2. The van der Waals surface area contributed by atoms with Crippen LogP contribution in [0.4, 0.5) is 11.5 Å². The molecule has 1 aromatic heterocycles. The molecule has 0 aromatic carbocycles. The van der Waals surface area contributed by atoms with E-state index in [1.807, 2.05) is 6.92 Å². The van der Waals surface area contributed by atoms with E-state index in [2.05, 4.69) is 36.1 Å². The molecule has 1 fully saturated rings. The number of hydrogen-bond donors (Lipinski definition) is 2. The fourth-order valence-corrected chi connectivity index (χ4v) is 2.82. The van der Waals surface area contributed by atoms with E-state index in [4.69, 9.17) is 10.5 Å². The third-order valence-corrected chi connectivity index (χ3v) is 4.26. The molecule has 2 rings (SSSR count). The number of ether oxygens (including phenoxy) is 1. The topological polar surface area (TPSA) is 73.1 Å². The Morgan fingerprint density at radius 2 is 2.00 bits per heavy atom. The van der Waals surface area contributed by atoms with E-state index in [1.165, 1.54) is 25.7 Å². The number of anilines is 2. The first-order valence-corrected chi connectivity index (χ1v) is 8.57. The van der Waals surface area contributed by atoms with E-state index in [0.29, 0.717) is 36.1 Å². The second kappa shape index (κ2) is 7.65. The van der Waals surface area contributed by atoms with Crippen LogP contribution in [0.5, 0.6) is 5.88 Å². The molecular weight excluding hydrogens is 276 g/mol. The molecule has 1 saturated carbocycles. The van der Waals surface area contributed by atoms with Gasteiger partial charge in [0.15, 0.2) is 5.82 Å². The van der Waals surface area contributed by atoms with Crippen LogP contribution in [0.2, 0.25) is 0 Å². The van der Waals surface area contributed by atoms with Crippen molar-refractivity contribution in [3.05, 3.63) is 5.82 Å². The van der Waals surface area contributed by atoms with Crippen LogP contribution >= 0.6 is 0 Å². The lowest BCUT2D eigenvalue weighted by molar-refractivity contribution is 0.262. The smallest absolute Gasteiger partial charge is 0.242 e. The first kappa shape index (κ1) is 16.8. The molecule has 0 bridgehead atoms. The molecule has 1 heterocycles. The Morgan fingerprint density at radius 3 is 2.64 bits per heavy atom. The molecule has 22 heavy (non-hydrogen) atoms. The highest BCUT2D eigenvalue weighted by Gasteiger charge is 2.23. The van der Waals surface area contributed by atoms with Crippen LogP contribution < -0.4 is 15.8 Å². The van der Waals surface area contributed by atoms with Crippen molar-refractivity contribution < 1.29 is 4.74 Å². The highest BCUT2D eigenvalue weighted by Crippen LogP contribution is 2.31. The minimum Gasteiger partial charge on any atom is -0.476 e. The van der Waals surface area contributed by atoms with Gasteiger partial charge < -0.3 is 15.8 Å².